The zero-order valence-electron chi connectivity index (χ0n) is 21.5. The van der Waals surface area contributed by atoms with Crippen LogP contribution >= 0.6 is 0 Å². The number of benzene rings is 1. The first-order valence-electron chi connectivity index (χ1n) is 12.7. The van der Waals surface area contributed by atoms with Crippen LogP contribution in [0.25, 0.3) is 11.3 Å². The van der Waals surface area contributed by atoms with Gasteiger partial charge in [-0.15, -0.1) is 0 Å². The van der Waals surface area contributed by atoms with Gasteiger partial charge in [0.05, 0.1) is 5.56 Å². The van der Waals surface area contributed by atoms with Crippen LogP contribution in [0.1, 0.15) is 66.6 Å². The van der Waals surface area contributed by atoms with Crippen molar-refractivity contribution in [2.45, 2.75) is 51.5 Å². The highest BCUT2D eigenvalue weighted by atomic mass is 19.1. The number of pyridine rings is 2. The van der Waals surface area contributed by atoms with E-state index < -0.39 is 34.6 Å². The summed E-state index contributed by atoms with van der Waals surface area (Å²) in [6.45, 7) is 7.30. The largest absolute Gasteiger partial charge is 0.347 e. The molecule has 0 bridgehead atoms. The summed E-state index contributed by atoms with van der Waals surface area (Å²) in [7, 11) is 0. The number of piperidine rings is 1. The smallest absolute Gasteiger partial charge is 0.270 e. The lowest BCUT2D eigenvalue weighted by Gasteiger charge is -2.33. The minimum atomic E-state index is -0.960. The van der Waals surface area contributed by atoms with Crippen LogP contribution in [0.4, 0.5) is 13.2 Å². The van der Waals surface area contributed by atoms with Gasteiger partial charge in [-0.1, -0.05) is 26.8 Å². The molecule has 1 saturated heterocycles. The number of carbonyl (C=O) groups excluding carboxylic acids is 2. The van der Waals surface area contributed by atoms with E-state index in [-0.39, 0.29) is 28.5 Å². The molecule has 9 heteroatoms. The zero-order valence-corrected chi connectivity index (χ0v) is 21.5. The van der Waals surface area contributed by atoms with E-state index in [1.54, 1.807) is 12.3 Å². The Balaban J connectivity index is 1.22. The predicted octanol–water partition coefficient (Wildman–Crippen LogP) is 5.28. The molecule has 1 saturated carbocycles. The van der Waals surface area contributed by atoms with Crippen molar-refractivity contribution in [1.82, 2.24) is 20.2 Å². The molecule has 198 valence electrons. The van der Waals surface area contributed by atoms with Gasteiger partial charge < -0.3 is 10.2 Å². The zero-order chi connectivity index (χ0) is 27.2. The molecule has 2 aromatic heterocycles. The van der Waals surface area contributed by atoms with E-state index in [2.05, 4.69) is 36.1 Å². The average molecular weight is 523 g/mol. The van der Waals surface area contributed by atoms with Gasteiger partial charge in [0.25, 0.3) is 11.8 Å². The first kappa shape index (κ1) is 25.9. The van der Waals surface area contributed by atoms with Crippen LogP contribution in [-0.4, -0.2) is 45.8 Å². The van der Waals surface area contributed by atoms with E-state index in [1.807, 2.05) is 11.0 Å². The number of nitrogens with zero attached hydrogens (tertiary/aromatic N) is 3. The molecule has 5 rings (SSSR count). The van der Waals surface area contributed by atoms with Crippen molar-refractivity contribution in [3.05, 3.63) is 83.1 Å². The number of hydrogen-bond donors (Lipinski definition) is 1. The van der Waals surface area contributed by atoms with Crippen molar-refractivity contribution in [1.29, 1.82) is 0 Å². The molecular weight excluding hydrogens is 493 g/mol. The van der Waals surface area contributed by atoms with Crippen molar-refractivity contribution in [3.63, 3.8) is 0 Å². The Labute approximate surface area is 219 Å². The predicted molar refractivity (Wildman–Crippen MR) is 136 cm³/mol. The van der Waals surface area contributed by atoms with Gasteiger partial charge >= 0.3 is 0 Å². The third-order valence-corrected chi connectivity index (χ3v) is 7.60. The maximum atomic E-state index is 14.4. The molecule has 1 unspecified atom stereocenters. The lowest BCUT2D eigenvalue weighted by molar-refractivity contribution is 0.0667. The van der Waals surface area contributed by atoms with Crippen LogP contribution in [0.2, 0.25) is 0 Å². The van der Waals surface area contributed by atoms with E-state index in [9.17, 15) is 22.8 Å². The van der Waals surface area contributed by atoms with Crippen LogP contribution in [0.5, 0.6) is 0 Å². The van der Waals surface area contributed by atoms with Gasteiger partial charge in [-0.2, -0.15) is 0 Å². The topological polar surface area (TPSA) is 75.2 Å². The number of likely N-dealkylation sites (tertiary alicyclic amines) is 1. The van der Waals surface area contributed by atoms with Gasteiger partial charge in [-0.25, -0.2) is 18.2 Å². The fourth-order valence-electron chi connectivity index (χ4n) is 5.12. The molecule has 0 radical (unpaired) electrons. The van der Waals surface area contributed by atoms with E-state index in [1.165, 1.54) is 12.1 Å². The minimum absolute atomic E-state index is 0.0302. The summed E-state index contributed by atoms with van der Waals surface area (Å²) in [4.78, 5) is 36.2. The quantitative estimate of drug-likeness (QED) is 0.506. The maximum Gasteiger partial charge on any atom is 0.270 e. The van der Waals surface area contributed by atoms with Crippen molar-refractivity contribution < 1.29 is 22.8 Å². The molecule has 2 aliphatic rings. The fourth-order valence-corrected chi connectivity index (χ4v) is 5.12. The second kappa shape index (κ2) is 9.53. The Morgan fingerprint density at radius 1 is 1.00 bits per heavy atom. The molecule has 1 atom stereocenters. The molecule has 2 amide bonds. The highest BCUT2D eigenvalue weighted by Gasteiger charge is 2.56. The molecule has 1 aliphatic carbocycles. The first-order valence-corrected chi connectivity index (χ1v) is 12.7. The van der Waals surface area contributed by atoms with Crippen LogP contribution in [0, 0.1) is 22.9 Å². The standard InChI is InChI=1S/C29H29F3N4O2/c1-28(2,3)22-15-17(9-12-33-22)27(38)36-13-10-29(11-14-36)16-23(29)35-26(37)21-8-7-20(32)25(34-21)24-18(30)5-4-6-19(24)31/h4-9,12,15,23H,10-11,13-14,16H2,1-3H3,(H,35,37). The number of rotatable bonds is 4. The summed E-state index contributed by atoms with van der Waals surface area (Å²) in [5.74, 6) is -3.41. The molecule has 3 aromatic rings. The van der Waals surface area contributed by atoms with E-state index >= 15 is 0 Å². The summed E-state index contributed by atoms with van der Waals surface area (Å²) < 4.78 is 42.8. The Morgan fingerprint density at radius 3 is 2.34 bits per heavy atom. The molecule has 1 N–H and O–H groups in total. The minimum Gasteiger partial charge on any atom is -0.347 e. The van der Waals surface area contributed by atoms with Crippen molar-refractivity contribution in [2.75, 3.05) is 13.1 Å². The van der Waals surface area contributed by atoms with Crippen LogP contribution in [0.3, 0.4) is 0 Å². The van der Waals surface area contributed by atoms with E-state index in [0.717, 1.165) is 43.2 Å². The molecule has 3 heterocycles. The number of hydrogen-bond acceptors (Lipinski definition) is 4. The molecule has 1 aliphatic heterocycles. The van der Waals surface area contributed by atoms with Gasteiger partial charge in [0.2, 0.25) is 0 Å². The molecule has 1 spiro atoms. The molecule has 2 fully saturated rings. The Bertz CT molecular complexity index is 1390. The van der Waals surface area contributed by atoms with Crippen LogP contribution in [-0.2, 0) is 5.41 Å². The highest BCUT2D eigenvalue weighted by Crippen LogP contribution is 2.54. The monoisotopic (exact) mass is 522 g/mol. The normalized spacial score (nSPS) is 18.4. The van der Waals surface area contributed by atoms with Crippen LogP contribution in [0.15, 0.2) is 48.7 Å². The Kier molecular flexibility index (Phi) is 6.49. The van der Waals surface area contributed by atoms with Crippen molar-refractivity contribution in [3.8, 4) is 11.3 Å². The van der Waals surface area contributed by atoms with Gasteiger partial charge in [0, 0.05) is 42.0 Å². The van der Waals surface area contributed by atoms with Gasteiger partial charge in [-0.3, -0.25) is 14.6 Å². The average Bonchev–Trinajstić information content (AvgIpc) is 3.54. The number of carbonyl (C=O) groups is 2. The summed E-state index contributed by atoms with van der Waals surface area (Å²) in [6.07, 6.45) is 3.91. The number of halogens is 3. The lowest BCUT2D eigenvalue weighted by Crippen LogP contribution is -2.42. The number of amides is 2. The van der Waals surface area contributed by atoms with Gasteiger partial charge in [0.15, 0.2) is 0 Å². The lowest BCUT2D eigenvalue weighted by atomic mass is 9.90. The highest BCUT2D eigenvalue weighted by molar-refractivity contribution is 5.94. The number of nitrogens with one attached hydrogen (secondary N) is 1. The summed E-state index contributed by atoms with van der Waals surface area (Å²) >= 11 is 0. The third-order valence-electron chi connectivity index (χ3n) is 7.60. The van der Waals surface area contributed by atoms with E-state index in [0.29, 0.717) is 18.7 Å². The van der Waals surface area contributed by atoms with E-state index in [4.69, 9.17) is 0 Å². The van der Waals surface area contributed by atoms with Crippen molar-refractivity contribution >= 4 is 11.8 Å². The Morgan fingerprint density at radius 2 is 1.68 bits per heavy atom. The van der Waals surface area contributed by atoms with Gasteiger partial charge in [0.1, 0.15) is 28.8 Å². The summed E-state index contributed by atoms with van der Waals surface area (Å²) in [5.41, 5.74) is -0.0682. The fraction of sp³-hybridized carbons (Fsp3) is 0.379. The van der Waals surface area contributed by atoms with Crippen LogP contribution < -0.4 is 5.32 Å². The summed E-state index contributed by atoms with van der Waals surface area (Å²) in [5, 5.41) is 2.93. The Hall–Kier alpha value is -3.75. The second-order valence-corrected chi connectivity index (χ2v) is 11.2. The summed E-state index contributed by atoms with van der Waals surface area (Å²) in [6, 6.07) is 8.85. The molecule has 1 aromatic carbocycles. The van der Waals surface area contributed by atoms with Gasteiger partial charge in [-0.05, 0) is 61.1 Å². The molecular formula is C29H29F3N4O2. The first-order chi connectivity index (χ1) is 18.0. The number of aromatic nitrogens is 2. The molecule has 38 heavy (non-hydrogen) atoms. The molecule has 6 nitrogen and oxygen atoms in total. The third kappa shape index (κ3) is 4.89. The maximum absolute atomic E-state index is 14.4. The van der Waals surface area contributed by atoms with Crippen molar-refractivity contribution in [2.24, 2.45) is 5.41 Å². The second-order valence-electron chi connectivity index (χ2n) is 11.2. The SMILES string of the molecule is CC(C)(C)c1cc(C(=O)N2CCC3(CC2)CC3NC(=O)c2ccc(F)c(-c3c(F)cccc3F)n2)ccn1.